The number of hydrogen-bond acceptors (Lipinski definition) is 5. The van der Waals surface area contributed by atoms with E-state index >= 15 is 0 Å². The molecule has 0 radical (unpaired) electrons. The predicted molar refractivity (Wildman–Crippen MR) is 118 cm³/mol. The van der Waals surface area contributed by atoms with Gasteiger partial charge in [-0.3, -0.25) is 9.89 Å². The smallest absolute Gasteiger partial charge is 0.223 e. The van der Waals surface area contributed by atoms with Gasteiger partial charge >= 0.3 is 0 Å². The van der Waals surface area contributed by atoms with E-state index in [-0.39, 0.29) is 5.92 Å². The van der Waals surface area contributed by atoms with Crippen molar-refractivity contribution in [2.45, 2.75) is 84.1 Å². The van der Waals surface area contributed by atoms with E-state index in [1.54, 1.807) is 0 Å². The lowest BCUT2D eigenvalue weighted by atomic mass is 9.82. The molecule has 2 fully saturated rings. The summed E-state index contributed by atoms with van der Waals surface area (Å²) in [5.74, 6) is 3.50. The van der Waals surface area contributed by atoms with E-state index in [0.717, 1.165) is 73.8 Å². The zero-order valence-corrected chi connectivity index (χ0v) is 18.2. The quantitative estimate of drug-likeness (QED) is 0.658. The van der Waals surface area contributed by atoms with E-state index in [4.69, 9.17) is 0 Å². The van der Waals surface area contributed by atoms with E-state index < -0.39 is 0 Å². The average Bonchev–Trinajstić information content (AvgIpc) is 3.14. The fourth-order valence-electron chi connectivity index (χ4n) is 4.90. The van der Waals surface area contributed by atoms with Crippen LogP contribution in [-0.2, 0) is 11.2 Å². The highest BCUT2D eigenvalue weighted by Gasteiger charge is 2.27. The number of aromatic amines is 1. The number of carbonyl (C=O) groups excluding carboxylic acids is 1. The molecule has 0 bridgehead atoms. The van der Waals surface area contributed by atoms with Gasteiger partial charge in [-0.05, 0) is 64.7 Å². The molecule has 2 heterocycles. The Morgan fingerprint density at radius 3 is 2.47 bits per heavy atom. The molecule has 0 spiro atoms. The Balaban J connectivity index is 1.27. The van der Waals surface area contributed by atoms with Crippen LogP contribution in [-0.4, -0.2) is 32.1 Å². The van der Waals surface area contributed by atoms with Gasteiger partial charge in [0.15, 0.2) is 5.82 Å². The second kappa shape index (κ2) is 9.58. The Morgan fingerprint density at radius 1 is 1.00 bits per heavy atom. The molecular weight excluding hydrogens is 376 g/mol. The highest BCUT2D eigenvalue weighted by Crippen LogP contribution is 2.29. The molecular formula is C23H34N6O. The van der Waals surface area contributed by atoms with Gasteiger partial charge < -0.3 is 10.6 Å². The molecule has 0 saturated heterocycles. The van der Waals surface area contributed by atoms with Crippen LogP contribution in [0.4, 0.5) is 11.6 Å². The third-order valence-corrected chi connectivity index (χ3v) is 6.52. The third-order valence-electron chi connectivity index (χ3n) is 6.52. The van der Waals surface area contributed by atoms with Crippen molar-refractivity contribution in [3.8, 4) is 0 Å². The summed E-state index contributed by atoms with van der Waals surface area (Å²) in [6, 6.07) is 4.34. The van der Waals surface area contributed by atoms with Crippen molar-refractivity contribution < 1.29 is 4.79 Å². The van der Waals surface area contributed by atoms with Crippen LogP contribution in [0.3, 0.4) is 0 Å². The van der Waals surface area contributed by atoms with Crippen LogP contribution < -0.4 is 10.6 Å². The number of amides is 1. The van der Waals surface area contributed by atoms with E-state index in [1.807, 2.05) is 26.0 Å². The summed E-state index contributed by atoms with van der Waals surface area (Å²) in [6.45, 7) is 3.91. The van der Waals surface area contributed by atoms with E-state index in [0.29, 0.717) is 17.9 Å². The van der Waals surface area contributed by atoms with Gasteiger partial charge in [0.05, 0.1) is 0 Å². The van der Waals surface area contributed by atoms with Crippen LogP contribution in [0.1, 0.15) is 75.0 Å². The number of H-pyrrole nitrogens is 1. The molecule has 0 atom stereocenters. The maximum Gasteiger partial charge on any atom is 0.223 e. The van der Waals surface area contributed by atoms with Gasteiger partial charge in [-0.25, -0.2) is 9.97 Å². The number of anilines is 2. The number of nitrogens with one attached hydrogen (secondary N) is 3. The number of hydrogen-bond donors (Lipinski definition) is 3. The molecule has 4 rings (SSSR count). The lowest BCUT2D eigenvalue weighted by Gasteiger charge is -2.31. The first-order chi connectivity index (χ1) is 14.5. The average molecular weight is 411 g/mol. The van der Waals surface area contributed by atoms with Crippen LogP contribution >= 0.6 is 0 Å². The lowest BCUT2D eigenvalue weighted by molar-refractivity contribution is -0.126. The van der Waals surface area contributed by atoms with Gasteiger partial charge in [-0.15, -0.1) is 0 Å². The molecule has 2 aliphatic carbocycles. The first-order valence-corrected chi connectivity index (χ1v) is 11.5. The Morgan fingerprint density at radius 2 is 1.77 bits per heavy atom. The summed E-state index contributed by atoms with van der Waals surface area (Å²) in [4.78, 5) is 21.7. The Kier molecular flexibility index (Phi) is 6.65. The highest BCUT2D eigenvalue weighted by molar-refractivity contribution is 5.79. The van der Waals surface area contributed by atoms with Crippen molar-refractivity contribution >= 4 is 17.5 Å². The summed E-state index contributed by atoms with van der Waals surface area (Å²) in [7, 11) is 0. The molecule has 0 aromatic carbocycles. The van der Waals surface area contributed by atoms with Crippen LogP contribution in [0.2, 0.25) is 0 Å². The Hall–Kier alpha value is -2.44. The Bertz CT molecular complexity index is 849. The number of aromatic nitrogens is 4. The summed E-state index contributed by atoms with van der Waals surface area (Å²) in [5.41, 5.74) is 2.09. The van der Waals surface area contributed by atoms with Crippen molar-refractivity contribution in [2.75, 3.05) is 5.32 Å². The minimum Gasteiger partial charge on any atom is -0.353 e. The van der Waals surface area contributed by atoms with Gasteiger partial charge in [0.1, 0.15) is 11.6 Å². The molecule has 1 amide bonds. The SMILES string of the molecule is Cc1nc(CC2CCC(NC(=O)C3CCCCC3)CC2)cc(Nc2cc(C)[nH]n2)n1. The predicted octanol–water partition coefficient (Wildman–Crippen LogP) is 4.36. The first-order valence-electron chi connectivity index (χ1n) is 11.5. The van der Waals surface area contributed by atoms with Crippen molar-refractivity contribution in [1.82, 2.24) is 25.5 Å². The zero-order valence-electron chi connectivity index (χ0n) is 18.2. The van der Waals surface area contributed by atoms with Crippen LogP contribution in [0.15, 0.2) is 12.1 Å². The molecule has 162 valence electrons. The summed E-state index contributed by atoms with van der Waals surface area (Å²) >= 11 is 0. The fourth-order valence-corrected chi connectivity index (χ4v) is 4.90. The van der Waals surface area contributed by atoms with Crippen LogP contribution in [0, 0.1) is 25.7 Å². The topological polar surface area (TPSA) is 95.6 Å². The minimum absolute atomic E-state index is 0.254. The molecule has 7 heteroatoms. The molecule has 2 aliphatic rings. The molecule has 30 heavy (non-hydrogen) atoms. The first kappa shape index (κ1) is 20.8. The van der Waals surface area contributed by atoms with Gasteiger partial charge in [0.2, 0.25) is 5.91 Å². The second-order valence-corrected chi connectivity index (χ2v) is 9.12. The third kappa shape index (κ3) is 5.58. The second-order valence-electron chi connectivity index (χ2n) is 9.12. The van der Waals surface area contributed by atoms with E-state index in [2.05, 4.69) is 30.8 Å². The maximum atomic E-state index is 12.5. The van der Waals surface area contributed by atoms with Gasteiger partial charge in [-0.2, -0.15) is 5.10 Å². The van der Waals surface area contributed by atoms with Crippen molar-refractivity contribution in [2.24, 2.45) is 11.8 Å². The van der Waals surface area contributed by atoms with Gasteiger partial charge in [0.25, 0.3) is 0 Å². The molecule has 2 saturated carbocycles. The zero-order chi connectivity index (χ0) is 20.9. The molecule has 3 N–H and O–H groups in total. The van der Waals surface area contributed by atoms with Crippen LogP contribution in [0.5, 0.6) is 0 Å². The summed E-state index contributed by atoms with van der Waals surface area (Å²) in [5, 5.41) is 13.8. The molecule has 2 aromatic rings. The normalized spacial score (nSPS) is 22.6. The summed E-state index contributed by atoms with van der Waals surface area (Å²) < 4.78 is 0. The van der Waals surface area contributed by atoms with E-state index in [9.17, 15) is 4.79 Å². The minimum atomic E-state index is 0.254. The van der Waals surface area contributed by atoms with Crippen LogP contribution in [0.25, 0.3) is 0 Å². The van der Waals surface area contributed by atoms with E-state index in [1.165, 1.54) is 19.3 Å². The number of carbonyl (C=O) groups is 1. The van der Waals surface area contributed by atoms with Gasteiger partial charge in [-0.1, -0.05) is 19.3 Å². The monoisotopic (exact) mass is 410 g/mol. The van der Waals surface area contributed by atoms with Crippen molar-refractivity contribution in [1.29, 1.82) is 0 Å². The maximum absolute atomic E-state index is 12.5. The molecule has 0 aliphatic heterocycles. The fraction of sp³-hybridized carbons (Fsp3) is 0.652. The van der Waals surface area contributed by atoms with Crippen molar-refractivity contribution in [3.63, 3.8) is 0 Å². The number of nitrogens with zero attached hydrogens (tertiary/aromatic N) is 3. The lowest BCUT2D eigenvalue weighted by Crippen LogP contribution is -2.41. The molecule has 0 unspecified atom stereocenters. The molecule has 2 aromatic heterocycles. The Labute approximate surface area is 178 Å². The van der Waals surface area contributed by atoms with Gasteiger partial charge in [0, 0.05) is 35.5 Å². The number of aryl methyl sites for hydroxylation is 2. The summed E-state index contributed by atoms with van der Waals surface area (Å²) in [6.07, 6.45) is 11.2. The largest absolute Gasteiger partial charge is 0.353 e. The molecule has 7 nitrogen and oxygen atoms in total. The highest BCUT2D eigenvalue weighted by atomic mass is 16.1. The standard InChI is InChI=1S/C23H34N6O/c1-15-12-22(29-28-15)27-21-14-20(24-16(2)25-21)13-17-8-10-19(11-9-17)26-23(30)18-6-4-3-5-7-18/h12,14,17-19H,3-11,13H2,1-2H3,(H,26,30)(H2,24,25,27,28,29). The number of rotatable bonds is 6. The van der Waals surface area contributed by atoms with Crippen molar-refractivity contribution in [3.05, 3.63) is 29.3 Å².